The first-order chi connectivity index (χ1) is 21.7. The zero-order chi connectivity index (χ0) is 32.4. The topological polar surface area (TPSA) is 96.0 Å². The number of para-hydroxylation sites is 2. The van der Waals surface area contributed by atoms with Gasteiger partial charge in [-0.05, 0) is 72.8 Å². The molecule has 0 aliphatic rings. The molecular weight excluding hydrogens is 674 g/mol. The minimum absolute atomic E-state index is 0.0325. The summed E-state index contributed by atoms with van der Waals surface area (Å²) in [6, 6.07) is 29.2. The molecule has 0 heterocycles. The van der Waals surface area contributed by atoms with Crippen molar-refractivity contribution in [3.05, 3.63) is 119 Å². The van der Waals surface area contributed by atoms with Crippen LogP contribution in [-0.4, -0.2) is 57.6 Å². The molecule has 0 aromatic heterocycles. The van der Waals surface area contributed by atoms with Crippen LogP contribution in [0.2, 0.25) is 0 Å². The van der Waals surface area contributed by atoms with E-state index in [1.807, 2.05) is 60.9 Å². The molecule has 0 radical (unpaired) electrons. The fourth-order valence-corrected chi connectivity index (χ4v) is 7.16. The van der Waals surface area contributed by atoms with Crippen molar-refractivity contribution in [3.8, 4) is 5.75 Å². The molecule has 1 unspecified atom stereocenters. The number of carbonyl (C=O) groups is 2. The van der Waals surface area contributed by atoms with Gasteiger partial charge in [0.05, 0.1) is 17.2 Å². The van der Waals surface area contributed by atoms with E-state index in [2.05, 4.69) is 21.2 Å². The van der Waals surface area contributed by atoms with E-state index in [0.717, 1.165) is 24.8 Å². The summed E-state index contributed by atoms with van der Waals surface area (Å²) in [6.07, 6.45) is 2.14. The number of hydrogen-bond acceptors (Lipinski definition) is 6. The van der Waals surface area contributed by atoms with Gasteiger partial charge in [0.25, 0.3) is 10.0 Å². The molecule has 4 aromatic rings. The maximum Gasteiger partial charge on any atom is 0.264 e. The van der Waals surface area contributed by atoms with Crippen LogP contribution in [0, 0.1) is 0 Å². The zero-order valence-electron chi connectivity index (χ0n) is 25.4. The minimum Gasteiger partial charge on any atom is -0.492 e. The third-order valence-electron chi connectivity index (χ3n) is 7.12. The number of carbonyl (C=O) groups excluding carboxylic acids is 2. The fourth-order valence-electron chi connectivity index (χ4n) is 4.88. The first-order valence-electron chi connectivity index (χ1n) is 14.4. The number of thioether (sulfide) groups is 1. The number of likely N-dealkylation sites (N-methyl/N-ethyl adjacent to an activating group) is 1. The Kier molecular flexibility index (Phi) is 12.1. The molecule has 1 atom stereocenters. The molecule has 4 rings (SSSR count). The van der Waals surface area contributed by atoms with Crippen molar-refractivity contribution >= 4 is 55.2 Å². The number of hydrogen-bond donors (Lipinski definition) is 1. The number of nitrogens with zero attached hydrogens (tertiary/aromatic N) is 2. The molecule has 0 aliphatic heterocycles. The lowest BCUT2D eigenvalue weighted by atomic mass is 10.0. The SMILES string of the molecule is CCOc1ccccc1N(CC(=O)N(Cc1cccc(Br)c1)C(Cc1ccccc1)C(=O)NC)S(=O)(=O)c1ccc(SC)cc1. The number of sulfonamides is 1. The number of ether oxygens (including phenoxy) is 1. The summed E-state index contributed by atoms with van der Waals surface area (Å²) >= 11 is 4.99. The Labute approximate surface area is 278 Å². The van der Waals surface area contributed by atoms with Crippen molar-refractivity contribution in [1.29, 1.82) is 0 Å². The maximum absolute atomic E-state index is 14.5. The van der Waals surface area contributed by atoms with Gasteiger partial charge in [0, 0.05) is 29.4 Å². The van der Waals surface area contributed by atoms with Crippen molar-refractivity contribution in [3.63, 3.8) is 0 Å². The molecule has 0 saturated carbocycles. The molecule has 4 aromatic carbocycles. The van der Waals surface area contributed by atoms with Crippen molar-refractivity contribution in [2.75, 3.05) is 30.8 Å². The Morgan fingerprint density at radius 2 is 1.58 bits per heavy atom. The second-order valence-electron chi connectivity index (χ2n) is 10.1. The Morgan fingerprint density at radius 1 is 0.911 bits per heavy atom. The monoisotopic (exact) mass is 709 g/mol. The van der Waals surface area contributed by atoms with E-state index in [4.69, 9.17) is 4.74 Å². The van der Waals surface area contributed by atoms with Gasteiger partial charge in [-0.3, -0.25) is 13.9 Å². The predicted molar refractivity (Wildman–Crippen MR) is 183 cm³/mol. The molecule has 45 heavy (non-hydrogen) atoms. The molecule has 1 N–H and O–H groups in total. The molecule has 0 fully saturated rings. The molecule has 0 saturated heterocycles. The normalized spacial score (nSPS) is 11.8. The summed E-state index contributed by atoms with van der Waals surface area (Å²) in [6.45, 7) is 1.62. The Bertz CT molecular complexity index is 1700. The van der Waals surface area contributed by atoms with Crippen LogP contribution < -0.4 is 14.4 Å². The third-order valence-corrected chi connectivity index (χ3v) is 10.1. The van der Waals surface area contributed by atoms with Gasteiger partial charge in [-0.1, -0.05) is 70.5 Å². The van der Waals surface area contributed by atoms with Crippen LogP contribution in [-0.2, 0) is 32.6 Å². The van der Waals surface area contributed by atoms with Crippen LogP contribution in [0.3, 0.4) is 0 Å². The van der Waals surface area contributed by atoms with E-state index in [1.54, 1.807) is 43.3 Å². The number of amides is 2. The van der Waals surface area contributed by atoms with E-state index in [1.165, 1.54) is 35.8 Å². The van der Waals surface area contributed by atoms with Crippen LogP contribution in [0.15, 0.2) is 117 Å². The molecule has 11 heteroatoms. The average molecular weight is 711 g/mol. The Morgan fingerprint density at radius 3 is 2.22 bits per heavy atom. The first-order valence-corrected chi connectivity index (χ1v) is 17.8. The second kappa shape index (κ2) is 16.0. The van der Waals surface area contributed by atoms with Gasteiger partial charge in [0.2, 0.25) is 11.8 Å². The van der Waals surface area contributed by atoms with Crippen LogP contribution >= 0.6 is 27.7 Å². The number of anilines is 1. The molecule has 2 amide bonds. The molecule has 0 bridgehead atoms. The number of halogens is 1. The van der Waals surface area contributed by atoms with Gasteiger partial charge in [-0.15, -0.1) is 11.8 Å². The van der Waals surface area contributed by atoms with Gasteiger partial charge in [0.15, 0.2) is 0 Å². The van der Waals surface area contributed by atoms with Gasteiger partial charge in [-0.2, -0.15) is 0 Å². The number of benzene rings is 4. The highest BCUT2D eigenvalue weighted by atomic mass is 79.9. The first kappa shape index (κ1) is 34.1. The highest BCUT2D eigenvalue weighted by molar-refractivity contribution is 9.10. The average Bonchev–Trinajstić information content (AvgIpc) is 3.05. The summed E-state index contributed by atoms with van der Waals surface area (Å²) in [5.74, 6) is -0.586. The minimum atomic E-state index is -4.25. The molecule has 0 spiro atoms. The molecule has 8 nitrogen and oxygen atoms in total. The van der Waals surface area contributed by atoms with E-state index in [9.17, 15) is 18.0 Å². The zero-order valence-corrected chi connectivity index (χ0v) is 28.6. The van der Waals surface area contributed by atoms with E-state index >= 15 is 0 Å². The lowest BCUT2D eigenvalue weighted by molar-refractivity contribution is -0.139. The Hall–Kier alpha value is -3.80. The van der Waals surface area contributed by atoms with E-state index in [0.29, 0.717) is 12.4 Å². The smallest absolute Gasteiger partial charge is 0.264 e. The molecule has 0 aliphatic carbocycles. The summed E-state index contributed by atoms with van der Waals surface area (Å²) in [7, 11) is -2.73. The van der Waals surface area contributed by atoms with Gasteiger partial charge < -0.3 is 15.0 Å². The van der Waals surface area contributed by atoms with Gasteiger partial charge in [0.1, 0.15) is 18.3 Å². The fraction of sp³-hybridized carbons (Fsp3) is 0.235. The van der Waals surface area contributed by atoms with E-state index < -0.39 is 28.5 Å². The highest BCUT2D eigenvalue weighted by Crippen LogP contribution is 2.33. The lowest BCUT2D eigenvalue weighted by Crippen LogP contribution is -2.53. The van der Waals surface area contributed by atoms with Crippen LogP contribution in [0.25, 0.3) is 0 Å². The quantitative estimate of drug-likeness (QED) is 0.158. The number of rotatable bonds is 14. The van der Waals surface area contributed by atoms with Crippen molar-refractivity contribution in [2.24, 2.45) is 0 Å². The lowest BCUT2D eigenvalue weighted by Gasteiger charge is -2.34. The van der Waals surface area contributed by atoms with Crippen molar-refractivity contribution < 1.29 is 22.7 Å². The largest absolute Gasteiger partial charge is 0.492 e. The second-order valence-corrected chi connectivity index (χ2v) is 13.7. The number of nitrogens with one attached hydrogen (secondary N) is 1. The van der Waals surface area contributed by atoms with Crippen LogP contribution in [0.5, 0.6) is 5.75 Å². The van der Waals surface area contributed by atoms with E-state index in [-0.39, 0.29) is 29.5 Å². The summed E-state index contributed by atoms with van der Waals surface area (Å²) < 4.78 is 36.3. The summed E-state index contributed by atoms with van der Waals surface area (Å²) in [5, 5.41) is 2.70. The predicted octanol–water partition coefficient (Wildman–Crippen LogP) is 6.15. The molecule has 236 valence electrons. The van der Waals surface area contributed by atoms with Crippen molar-refractivity contribution in [2.45, 2.75) is 35.7 Å². The van der Waals surface area contributed by atoms with Gasteiger partial charge >= 0.3 is 0 Å². The standard InChI is InChI=1S/C34H36BrN3O5S2/c1-4-43-32-16-9-8-15-30(32)38(45(41,42)29-19-17-28(44-3)18-20-29)24-33(39)37(23-26-13-10-14-27(35)21-26)31(34(40)36-2)22-25-11-6-5-7-12-25/h5-21,31H,4,22-24H2,1-3H3,(H,36,40). The van der Waals surface area contributed by atoms with Gasteiger partial charge in [-0.25, -0.2) is 8.42 Å². The van der Waals surface area contributed by atoms with Crippen molar-refractivity contribution in [1.82, 2.24) is 10.2 Å². The highest BCUT2D eigenvalue weighted by Gasteiger charge is 2.35. The Balaban J connectivity index is 1.82. The maximum atomic E-state index is 14.5. The summed E-state index contributed by atoms with van der Waals surface area (Å²) in [5.41, 5.74) is 1.86. The van der Waals surface area contributed by atoms with Crippen LogP contribution in [0.4, 0.5) is 5.69 Å². The van der Waals surface area contributed by atoms with Crippen LogP contribution in [0.1, 0.15) is 18.1 Å². The summed E-state index contributed by atoms with van der Waals surface area (Å²) in [4.78, 5) is 30.3. The third kappa shape index (κ3) is 8.68. The molecular formula is C34H36BrN3O5S2.